The molecule has 0 aliphatic heterocycles. The minimum atomic E-state index is -4.06. The van der Waals surface area contributed by atoms with Crippen LogP contribution in [0, 0.1) is 13.8 Å². The number of aromatic nitrogens is 2. The fourth-order valence-corrected chi connectivity index (χ4v) is 5.24. The summed E-state index contributed by atoms with van der Waals surface area (Å²) in [6.07, 6.45) is 0. The molecule has 0 saturated heterocycles. The number of fused-ring (bicyclic) bond motifs is 1. The van der Waals surface area contributed by atoms with Gasteiger partial charge in [0.2, 0.25) is 15.9 Å². The number of nitrogens with zero attached hydrogens (tertiary/aromatic N) is 2. The Kier molecular flexibility index (Phi) is 5.81. The predicted octanol–water partition coefficient (Wildman–Crippen LogP) is 3.97. The van der Waals surface area contributed by atoms with E-state index in [1.165, 1.54) is 6.07 Å². The molecule has 0 fully saturated rings. The summed E-state index contributed by atoms with van der Waals surface area (Å²) < 4.78 is 37.2. The Morgan fingerprint density at radius 3 is 2.48 bits per heavy atom. The molecule has 0 spiro atoms. The fourth-order valence-electron chi connectivity index (χ4n) is 3.29. The summed E-state index contributed by atoms with van der Waals surface area (Å²) in [5.74, 6) is -0.481. The maximum Gasteiger partial charge on any atom is 0.247 e. The zero-order chi connectivity index (χ0) is 22.0. The first-order valence-electron chi connectivity index (χ1n) is 9.52. The van der Waals surface area contributed by atoms with Crippen molar-refractivity contribution in [3.05, 3.63) is 83.4 Å². The summed E-state index contributed by atoms with van der Waals surface area (Å²) >= 11 is 0.938. The van der Waals surface area contributed by atoms with Crippen molar-refractivity contribution in [2.24, 2.45) is 0 Å². The molecule has 0 aliphatic rings. The Balaban J connectivity index is 1.70. The molecule has 1 amide bonds. The van der Waals surface area contributed by atoms with E-state index in [0.29, 0.717) is 16.8 Å². The molecule has 4 aromatic rings. The quantitative estimate of drug-likeness (QED) is 0.461. The second-order valence-corrected chi connectivity index (χ2v) is 9.37. The lowest BCUT2D eigenvalue weighted by molar-refractivity contribution is -0.117. The van der Waals surface area contributed by atoms with Crippen molar-refractivity contribution in [3.63, 3.8) is 0 Å². The zero-order valence-corrected chi connectivity index (χ0v) is 18.5. The summed E-state index contributed by atoms with van der Waals surface area (Å²) in [6.45, 7) is 3.85. The summed E-state index contributed by atoms with van der Waals surface area (Å²) in [4.78, 5) is 13.2. The van der Waals surface area contributed by atoms with E-state index in [0.717, 1.165) is 22.9 Å². The second kappa shape index (κ2) is 8.54. The third-order valence-electron chi connectivity index (χ3n) is 4.85. The van der Waals surface area contributed by atoms with Crippen molar-refractivity contribution in [2.45, 2.75) is 24.8 Å². The van der Waals surface area contributed by atoms with E-state index in [2.05, 4.69) is 18.8 Å². The van der Waals surface area contributed by atoms with Crippen molar-refractivity contribution in [1.29, 1.82) is 0 Å². The van der Waals surface area contributed by atoms with Gasteiger partial charge in [-0.05, 0) is 43.2 Å². The average Bonchev–Trinajstić information content (AvgIpc) is 3.23. The molecule has 0 radical (unpaired) electrons. The van der Waals surface area contributed by atoms with Crippen molar-refractivity contribution in [3.8, 4) is 0 Å². The highest BCUT2D eigenvalue weighted by molar-refractivity contribution is 7.89. The monoisotopic (exact) mass is 452 g/mol. The minimum absolute atomic E-state index is 0.0148. The Bertz CT molecular complexity index is 1350. The van der Waals surface area contributed by atoms with E-state index >= 15 is 0 Å². The van der Waals surface area contributed by atoms with Gasteiger partial charge in [0.15, 0.2) is 0 Å². The summed E-state index contributed by atoms with van der Waals surface area (Å²) in [5, 5.41) is 2.85. The van der Waals surface area contributed by atoms with Crippen LogP contribution in [0.3, 0.4) is 0 Å². The standard InChI is InChI=1S/C22H20N4O3S2/c1-14-11-12-17(15(2)13-14)23-22(27)20(16-7-4-3-5-8-16)26-31(28,29)19-10-6-9-18-21(19)25-30-24-18/h3-13,20,26H,1-2H3,(H,23,27)/t20-/m0/s1. The van der Waals surface area contributed by atoms with Crippen LogP contribution in [0.15, 0.2) is 71.6 Å². The summed E-state index contributed by atoms with van der Waals surface area (Å²) in [6, 6.07) is 18.0. The molecular formula is C22H20N4O3S2. The number of carbonyl (C=O) groups excluding carboxylic acids is 1. The van der Waals surface area contributed by atoms with Crippen LogP contribution in [-0.4, -0.2) is 23.1 Å². The van der Waals surface area contributed by atoms with Gasteiger partial charge < -0.3 is 5.32 Å². The van der Waals surface area contributed by atoms with Crippen molar-refractivity contribution in [1.82, 2.24) is 13.5 Å². The lowest BCUT2D eigenvalue weighted by atomic mass is 10.1. The first-order chi connectivity index (χ1) is 14.8. The fraction of sp³-hybridized carbons (Fsp3) is 0.136. The number of sulfonamides is 1. The van der Waals surface area contributed by atoms with E-state index in [4.69, 9.17) is 0 Å². The van der Waals surface area contributed by atoms with Gasteiger partial charge in [-0.25, -0.2) is 8.42 Å². The largest absolute Gasteiger partial charge is 0.324 e. The number of rotatable bonds is 6. The maximum atomic E-state index is 13.2. The molecule has 3 aromatic carbocycles. The molecule has 0 bridgehead atoms. The van der Waals surface area contributed by atoms with Gasteiger partial charge in [0.25, 0.3) is 0 Å². The molecule has 158 valence electrons. The molecule has 31 heavy (non-hydrogen) atoms. The number of hydrogen-bond donors (Lipinski definition) is 2. The lowest BCUT2D eigenvalue weighted by Gasteiger charge is -2.20. The highest BCUT2D eigenvalue weighted by atomic mass is 32.2. The number of amides is 1. The maximum absolute atomic E-state index is 13.2. The van der Waals surface area contributed by atoms with Gasteiger partial charge in [-0.1, -0.05) is 54.1 Å². The van der Waals surface area contributed by atoms with Gasteiger partial charge >= 0.3 is 0 Å². The van der Waals surface area contributed by atoms with E-state index in [1.54, 1.807) is 48.5 Å². The van der Waals surface area contributed by atoms with Crippen LogP contribution in [-0.2, 0) is 14.8 Å². The van der Waals surface area contributed by atoms with Crippen LogP contribution in [0.2, 0.25) is 0 Å². The van der Waals surface area contributed by atoms with Crippen LogP contribution in [0.4, 0.5) is 5.69 Å². The average molecular weight is 453 g/mol. The summed E-state index contributed by atoms with van der Waals surface area (Å²) in [7, 11) is -4.06. The topological polar surface area (TPSA) is 101 Å². The molecule has 1 atom stereocenters. The molecule has 4 rings (SSSR count). The molecule has 0 unspecified atom stereocenters. The summed E-state index contributed by atoms with van der Waals surface area (Å²) in [5.41, 5.74) is 3.88. The molecule has 7 nitrogen and oxygen atoms in total. The molecule has 0 saturated carbocycles. The number of benzene rings is 3. The van der Waals surface area contributed by atoms with E-state index in [9.17, 15) is 13.2 Å². The number of anilines is 1. The Morgan fingerprint density at radius 1 is 0.968 bits per heavy atom. The highest BCUT2D eigenvalue weighted by Gasteiger charge is 2.29. The van der Waals surface area contributed by atoms with Crippen molar-refractivity contribution < 1.29 is 13.2 Å². The van der Waals surface area contributed by atoms with Crippen molar-refractivity contribution >= 4 is 44.4 Å². The van der Waals surface area contributed by atoms with Gasteiger partial charge in [0.1, 0.15) is 22.0 Å². The predicted molar refractivity (Wildman–Crippen MR) is 121 cm³/mol. The van der Waals surface area contributed by atoms with Crippen molar-refractivity contribution in [2.75, 3.05) is 5.32 Å². The highest BCUT2D eigenvalue weighted by Crippen LogP contribution is 2.25. The van der Waals surface area contributed by atoms with Gasteiger partial charge in [-0.3, -0.25) is 4.79 Å². The van der Waals surface area contributed by atoms with Crippen LogP contribution >= 0.6 is 11.7 Å². The van der Waals surface area contributed by atoms with Gasteiger partial charge in [0, 0.05) is 5.69 Å². The smallest absolute Gasteiger partial charge is 0.247 e. The minimum Gasteiger partial charge on any atom is -0.324 e. The third-order valence-corrected chi connectivity index (χ3v) is 6.84. The Morgan fingerprint density at radius 2 is 1.74 bits per heavy atom. The van der Waals surface area contributed by atoms with Crippen LogP contribution < -0.4 is 10.0 Å². The lowest BCUT2D eigenvalue weighted by Crippen LogP contribution is -2.37. The van der Waals surface area contributed by atoms with Gasteiger partial charge in [0.05, 0.1) is 11.7 Å². The van der Waals surface area contributed by atoms with Crippen LogP contribution in [0.1, 0.15) is 22.7 Å². The number of aryl methyl sites for hydroxylation is 2. The zero-order valence-electron chi connectivity index (χ0n) is 16.9. The van der Waals surface area contributed by atoms with E-state index in [1.807, 2.05) is 26.0 Å². The molecule has 1 heterocycles. The van der Waals surface area contributed by atoms with Gasteiger partial charge in [-0.2, -0.15) is 13.5 Å². The van der Waals surface area contributed by atoms with Crippen LogP contribution in [0.25, 0.3) is 11.0 Å². The number of nitrogens with one attached hydrogen (secondary N) is 2. The second-order valence-electron chi connectivity index (χ2n) is 7.16. The third kappa shape index (κ3) is 4.48. The molecule has 1 aromatic heterocycles. The molecule has 0 aliphatic carbocycles. The van der Waals surface area contributed by atoms with E-state index in [-0.39, 0.29) is 10.4 Å². The molecular weight excluding hydrogens is 432 g/mol. The van der Waals surface area contributed by atoms with Gasteiger partial charge in [-0.15, -0.1) is 0 Å². The SMILES string of the molecule is Cc1ccc(NC(=O)[C@@H](NS(=O)(=O)c2cccc3nsnc23)c2ccccc2)c(C)c1. The number of hydrogen-bond acceptors (Lipinski definition) is 6. The Hall–Kier alpha value is -3.14. The Labute approximate surface area is 184 Å². The normalized spacial score (nSPS) is 12.6. The first kappa shape index (κ1) is 21.1. The van der Waals surface area contributed by atoms with Crippen LogP contribution in [0.5, 0.6) is 0 Å². The molecule has 9 heteroatoms. The first-order valence-corrected chi connectivity index (χ1v) is 11.7. The van der Waals surface area contributed by atoms with E-state index < -0.39 is 22.0 Å². The molecule has 2 N–H and O–H groups in total. The number of carbonyl (C=O) groups is 1.